The van der Waals surface area contributed by atoms with Gasteiger partial charge in [0.2, 0.25) is 0 Å². The van der Waals surface area contributed by atoms with Crippen molar-refractivity contribution in [1.82, 2.24) is 5.32 Å². The van der Waals surface area contributed by atoms with Gasteiger partial charge in [-0.05, 0) is 26.0 Å². The minimum atomic E-state index is -0.568. The summed E-state index contributed by atoms with van der Waals surface area (Å²) in [5.74, 6) is -0.326. The fourth-order valence-corrected chi connectivity index (χ4v) is 2.43. The molecule has 0 saturated carbocycles. The Hall–Kier alpha value is -1.94. The van der Waals surface area contributed by atoms with Gasteiger partial charge in [0.05, 0.1) is 7.11 Å². The lowest BCUT2D eigenvalue weighted by molar-refractivity contribution is 0.395. The van der Waals surface area contributed by atoms with Crippen LogP contribution in [0.3, 0.4) is 0 Å². The van der Waals surface area contributed by atoms with Gasteiger partial charge in [0, 0.05) is 29.3 Å². The molecular weight excluding hydrogens is 272 g/mol. The molecule has 0 saturated heterocycles. The number of benzene rings is 2. The van der Waals surface area contributed by atoms with Crippen molar-refractivity contribution in [1.29, 1.82) is 0 Å². The van der Waals surface area contributed by atoms with Crippen LogP contribution >= 0.6 is 0 Å². The molecule has 0 heterocycles. The third kappa shape index (κ3) is 3.58. The molecule has 2 atom stereocenters. The summed E-state index contributed by atoms with van der Waals surface area (Å²) in [6, 6.07) is 11.0. The molecule has 1 unspecified atom stereocenters. The van der Waals surface area contributed by atoms with Gasteiger partial charge in [-0.15, -0.1) is 0 Å². The number of hydrogen-bond donors (Lipinski definition) is 1. The SMILES string of the molecule is COc1ccccc1[C@H](C)NC(C)c1ccc(F)cc1F. The molecule has 0 bridgehead atoms. The van der Waals surface area contributed by atoms with Gasteiger partial charge in [-0.3, -0.25) is 0 Å². The van der Waals surface area contributed by atoms with E-state index in [1.54, 1.807) is 7.11 Å². The van der Waals surface area contributed by atoms with Crippen LogP contribution in [0.4, 0.5) is 8.78 Å². The quantitative estimate of drug-likeness (QED) is 0.882. The topological polar surface area (TPSA) is 21.3 Å². The molecule has 21 heavy (non-hydrogen) atoms. The van der Waals surface area contributed by atoms with E-state index in [0.29, 0.717) is 5.56 Å². The summed E-state index contributed by atoms with van der Waals surface area (Å²) in [6.45, 7) is 3.83. The Morgan fingerprint density at radius 2 is 1.62 bits per heavy atom. The van der Waals surface area contributed by atoms with Gasteiger partial charge < -0.3 is 10.1 Å². The second-order valence-corrected chi connectivity index (χ2v) is 5.02. The lowest BCUT2D eigenvalue weighted by Gasteiger charge is -2.22. The van der Waals surface area contributed by atoms with Gasteiger partial charge >= 0.3 is 0 Å². The van der Waals surface area contributed by atoms with Gasteiger partial charge in [-0.25, -0.2) is 8.78 Å². The number of ether oxygens (including phenoxy) is 1. The van der Waals surface area contributed by atoms with Crippen LogP contribution in [0.25, 0.3) is 0 Å². The molecule has 0 aliphatic carbocycles. The zero-order valence-corrected chi connectivity index (χ0v) is 12.4. The number of nitrogens with one attached hydrogen (secondary N) is 1. The summed E-state index contributed by atoms with van der Waals surface area (Å²) in [7, 11) is 1.62. The van der Waals surface area contributed by atoms with Crippen molar-refractivity contribution in [3.63, 3.8) is 0 Å². The first-order chi connectivity index (χ1) is 10.0. The standard InChI is InChI=1S/C17H19F2NO/c1-11(14-9-8-13(18)10-16(14)19)20-12(2)15-6-4-5-7-17(15)21-3/h4-12,20H,1-3H3/t11?,12-/m0/s1. The first kappa shape index (κ1) is 15.4. The highest BCUT2D eigenvalue weighted by atomic mass is 19.1. The predicted molar refractivity (Wildman–Crippen MR) is 79.3 cm³/mol. The van der Waals surface area contributed by atoms with Crippen LogP contribution < -0.4 is 10.1 Å². The molecule has 2 aromatic rings. The van der Waals surface area contributed by atoms with Crippen LogP contribution in [0.15, 0.2) is 42.5 Å². The van der Waals surface area contributed by atoms with Crippen LogP contribution in [0.1, 0.15) is 37.1 Å². The lowest BCUT2D eigenvalue weighted by atomic mass is 10.0. The minimum absolute atomic E-state index is 0.0272. The molecule has 1 N–H and O–H groups in total. The Kier molecular flexibility index (Phi) is 4.91. The molecule has 0 spiro atoms. The minimum Gasteiger partial charge on any atom is -0.496 e. The molecule has 0 radical (unpaired) electrons. The summed E-state index contributed by atoms with van der Waals surface area (Å²) in [4.78, 5) is 0. The average Bonchev–Trinajstić information content (AvgIpc) is 2.46. The average molecular weight is 291 g/mol. The second kappa shape index (κ2) is 6.68. The van der Waals surface area contributed by atoms with Crippen LogP contribution in [0.5, 0.6) is 5.75 Å². The molecule has 2 rings (SSSR count). The molecule has 0 aliphatic heterocycles. The van der Waals surface area contributed by atoms with Gasteiger partial charge in [-0.2, -0.15) is 0 Å². The van der Waals surface area contributed by atoms with E-state index in [9.17, 15) is 8.78 Å². The van der Waals surface area contributed by atoms with Crippen molar-refractivity contribution in [2.45, 2.75) is 25.9 Å². The number of para-hydroxylation sites is 1. The molecule has 0 fully saturated rings. The molecule has 0 aromatic heterocycles. The van der Waals surface area contributed by atoms with E-state index >= 15 is 0 Å². The van der Waals surface area contributed by atoms with Gasteiger partial charge in [0.15, 0.2) is 0 Å². The highest BCUT2D eigenvalue weighted by Crippen LogP contribution is 2.27. The number of methoxy groups -OCH3 is 1. The van der Waals surface area contributed by atoms with Crippen LogP contribution in [0.2, 0.25) is 0 Å². The third-order valence-corrected chi connectivity index (χ3v) is 3.53. The van der Waals surface area contributed by atoms with Crippen LogP contribution in [0, 0.1) is 11.6 Å². The second-order valence-electron chi connectivity index (χ2n) is 5.02. The lowest BCUT2D eigenvalue weighted by Crippen LogP contribution is -2.23. The molecular formula is C17H19F2NO. The van der Waals surface area contributed by atoms with E-state index < -0.39 is 11.6 Å². The van der Waals surface area contributed by atoms with E-state index in [0.717, 1.165) is 17.4 Å². The molecule has 2 nitrogen and oxygen atoms in total. The molecule has 0 aliphatic rings. The monoisotopic (exact) mass is 291 g/mol. The molecule has 0 amide bonds. The summed E-state index contributed by atoms with van der Waals surface area (Å²) >= 11 is 0. The van der Waals surface area contributed by atoms with Crippen LogP contribution in [-0.4, -0.2) is 7.11 Å². The van der Waals surface area contributed by atoms with E-state index in [2.05, 4.69) is 5.32 Å². The first-order valence-corrected chi connectivity index (χ1v) is 6.87. The zero-order valence-electron chi connectivity index (χ0n) is 12.4. The van der Waals surface area contributed by atoms with Gasteiger partial charge in [0.25, 0.3) is 0 Å². The highest BCUT2D eigenvalue weighted by molar-refractivity contribution is 5.35. The fourth-order valence-electron chi connectivity index (χ4n) is 2.43. The maximum atomic E-state index is 13.8. The third-order valence-electron chi connectivity index (χ3n) is 3.53. The number of rotatable bonds is 5. The van der Waals surface area contributed by atoms with Crippen molar-refractivity contribution in [3.05, 3.63) is 65.2 Å². The predicted octanol–water partition coefficient (Wildman–Crippen LogP) is 4.39. The zero-order chi connectivity index (χ0) is 15.4. The normalized spacial score (nSPS) is 13.8. The van der Waals surface area contributed by atoms with Crippen molar-refractivity contribution < 1.29 is 13.5 Å². The summed E-state index contributed by atoms with van der Waals surface area (Å²) in [5.41, 5.74) is 1.44. The smallest absolute Gasteiger partial charge is 0.130 e. The number of halogens is 2. The van der Waals surface area contributed by atoms with E-state index in [1.807, 2.05) is 38.1 Å². The maximum absolute atomic E-state index is 13.8. The summed E-state index contributed by atoms with van der Waals surface area (Å²) < 4.78 is 32.1. The van der Waals surface area contributed by atoms with Gasteiger partial charge in [-0.1, -0.05) is 24.3 Å². The van der Waals surface area contributed by atoms with Gasteiger partial charge in [0.1, 0.15) is 17.4 Å². The van der Waals surface area contributed by atoms with Crippen molar-refractivity contribution >= 4 is 0 Å². The Labute approximate surface area is 123 Å². The van der Waals surface area contributed by atoms with E-state index in [4.69, 9.17) is 4.74 Å². The maximum Gasteiger partial charge on any atom is 0.130 e. The molecule has 112 valence electrons. The fraction of sp³-hybridized carbons (Fsp3) is 0.294. The van der Waals surface area contributed by atoms with E-state index in [-0.39, 0.29) is 12.1 Å². The Bertz CT molecular complexity index is 615. The molecule has 4 heteroatoms. The summed E-state index contributed by atoms with van der Waals surface area (Å²) in [6.07, 6.45) is 0. The highest BCUT2D eigenvalue weighted by Gasteiger charge is 2.17. The van der Waals surface area contributed by atoms with Crippen molar-refractivity contribution in [3.8, 4) is 5.75 Å². The Balaban J connectivity index is 2.16. The first-order valence-electron chi connectivity index (χ1n) is 6.87. The Morgan fingerprint density at radius 3 is 2.29 bits per heavy atom. The van der Waals surface area contributed by atoms with Crippen molar-refractivity contribution in [2.75, 3.05) is 7.11 Å². The number of hydrogen-bond acceptors (Lipinski definition) is 2. The Morgan fingerprint density at radius 1 is 0.952 bits per heavy atom. The molecule has 2 aromatic carbocycles. The van der Waals surface area contributed by atoms with Crippen LogP contribution in [-0.2, 0) is 0 Å². The summed E-state index contributed by atoms with van der Waals surface area (Å²) in [5, 5.41) is 3.30. The largest absolute Gasteiger partial charge is 0.496 e. The van der Waals surface area contributed by atoms with Crippen molar-refractivity contribution in [2.24, 2.45) is 0 Å². The van der Waals surface area contributed by atoms with E-state index in [1.165, 1.54) is 12.1 Å².